The Morgan fingerprint density at radius 1 is 0.426 bits per heavy atom. The van der Waals surface area contributed by atoms with E-state index in [2.05, 4.69) is 62.8 Å². The third kappa shape index (κ3) is 10.4. The summed E-state index contributed by atoms with van der Waals surface area (Å²) in [4.78, 5) is 50.1. The van der Waals surface area contributed by atoms with Crippen LogP contribution in [0.15, 0.2) is 97.1 Å². The van der Waals surface area contributed by atoms with Gasteiger partial charge in [0.15, 0.2) is 0 Å². The van der Waals surface area contributed by atoms with Crippen molar-refractivity contribution in [3.8, 4) is 0 Å². The van der Waals surface area contributed by atoms with Gasteiger partial charge in [0.1, 0.15) is 0 Å². The van der Waals surface area contributed by atoms with Crippen molar-refractivity contribution in [2.75, 3.05) is 21.3 Å². The van der Waals surface area contributed by atoms with E-state index in [1.807, 2.05) is 48.5 Å². The maximum absolute atomic E-state index is 12.6. The van der Waals surface area contributed by atoms with Crippen molar-refractivity contribution in [3.63, 3.8) is 0 Å². The Morgan fingerprint density at radius 2 is 0.702 bits per heavy atom. The van der Waals surface area contributed by atoms with Gasteiger partial charge in [-0.2, -0.15) is 0 Å². The number of carbonyl (C=O) groups excluding carboxylic acids is 4. The molecule has 0 saturated heterocycles. The fourth-order valence-electron chi connectivity index (χ4n) is 4.78. The van der Waals surface area contributed by atoms with E-state index in [-0.39, 0.29) is 47.3 Å². The summed E-state index contributed by atoms with van der Waals surface area (Å²) in [5, 5.41) is 11.4. The van der Waals surface area contributed by atoms with Gasteiger partial charge in [-0.05, 0) is 101 Å². The Bertz CT molecular complexity index is 1570. The highest BCUT2D eigenvalue weighted by atomic mass is 16.2. The largest absolute Gasteiger partial charge is 0.326 e. The molecule has 8 nitrogen and oxygen atoms in total. The first-order valence-electron chi connectivity index (χ1n) is 15.8. The number of nitrogens with one attached hydrogen (secondary N) is 4. The number of rotatable bonds is 10. The number of carbonyl (C=O) groups is 4. The van der Waals surface area contributed by atoms with Crippen molar-refractivity contribution in [2.45, 2.75) is 71.6 Å². The fraction of sp³-hybridized carbons (Fsp3) is 0.282. The van der Waals surface area contributed by atoms with Gasteiger partial charge in [-0.25, -0.2) is 0 Å². The van der Waals surface area contributed by atoms with E-state index < -0.39 is 0 Å². The Hall–Kier alpha value is -5.24. The minimum absolute atomic E-state index is 0.0120. The van der Waals surface area contributed by atoms with Gasteiger partial charge in [0.2, 0.25) is 11.8 Å². The summed E-state index contributed by atoms with van der Waals surface area (Å²) in [7, 11) is 0. The second-order valence-electron chi connectivity index (χ2n) is 13.7. The molecule has 0 atom stereocenters. The molecule has 4 amide bonds. The fourth-order valence-corrected chi connectivity index (χ4v) is 4.78. The van der Waals surface area contributed by atoms with Crippen molar-refractivity contribution in [2.24, 2.45) is 0 Å². The molecule has 4 aromatic rings. The zero-order valence-corrected chi connectivity index (χ0v) is 28.0. The Kier molecular flexibility index (Phi) is 11.0. The van der Waals surface area contributed by atoms with Crippen LogP contribution in [0.2, 0.25) is 0 Å². The van der Waals surface area contributed by atoms with Gasteiger partial charge in [0.05, 0.1) is 0 Å². The molecule has 8 heteroatoms. The summed E-state index contributed by atoms with van der Waals surface area (Å²) in [6.07, 6.45) is 0.734. The molecular formula is C39H44N4O4. The molecule has 0 bridgehead atoms. The first-order chi connectivity index (χ1) is 22.2. The molecule has 47 heavy (non-hydrogen) atoms. The van der Waals surface area contributed by atoms with Gasteiger partial charge in [0, 0.05) is 46.7 Å². The van der Waals surface area contributed by atoms with Gasteiger partial charge in [-0.15, -0.1) is 0 Å². The third-order valence-electron chi connectivity index (χ3n) is 7.69. The number of hydrogen-bond donors (Lipinski definition) is 4. The molecule has 244 valence electrons. The molecule has 4 aromatic carbocycles. The van der Waals surface area contributed by atoms with Crippen molar-refractivity contribution >= 4 is 46.4 Å². The molecule has 4 rings (SSSR count). The van der Waals surface area contributed by atoms with E-state index in [0.29, 0.717) is 40.3 Å². The average Bonchev–Trinajstić information content (AvgIpc) is 3.02. The summed E-state index contributed by atoms with van der Waals surface area (Å²) in [6, 6.07) is 28.9. The Balaban J connectivity index is 1.16. The predicted octanol–water partition coefficient (Wildman–Crippen LogP) is 8.53. The minimum Gasteiger partial charge on any atom is -0.326 e. The van der Waals surface area contributed by atoms with Crippen LogP contribution >= 0.6 is 0 Å². The third-order valence-corrected chi connectivity index (χ3v) is 7.69. The lowest BCUT2D eigenvalue weighted by molar-refractivity contribution is -0.117. The molecule has 0 aliphatic rings. The summed E-state index contributed by atoms with van der Waals surface area (Å²) >= 11 is 0. The summed E-state index contributed by atoms with van der Waals surface area (Å²) < 4.78 is 0. The average molecular weight is 633 g/mol. The van der Waals surface area contributed by atoms with E-state index in [1.54, 1.807) is 48.5 Å². The van der Waals surface area contributed by atoms with Gasteiger partial charge in [-0.1, -0.05) is 65.8 Å². The molecule has 0 saturated carbocycles. The minimum atomic E-state index is -0.207. The van der Waals surface area contributed by atoms with Crippen LogP contribution in [-0.2, 0) is 20.4 Å². The van der Waals surface area contributed by atoms with Crippen molar-refractivity contribution in [1.29, 1.82) is 0 Å². The van der Waals surface area contributed by atoms with Crippen LogP contribution in [0.3, 0.4) is 0 Å². The second kappa shape index (κ2) is 14.9. The Labute approximate surface area is 277 Å². The number of anilines is 4. The molecule has 0 heterocycles. The van der Waals surface area contributed by atoms with Crippen molar-refractivity contribution in [3.05, 3.63) is 119 Å². The van der Waals surface area contributed by atoms with Crippen LogP contribution in [0.1, 0.15) is 92.6 Å². The summed E-state index contributed by atoms with van der Waals surface area (Å²) in [5.74, 6) is -0.828. The lowest BCUT2D eigenvalue weighted by Crippen LogP contribution is -2.15. The van der Waals surface area contributed by atoms with E-state index in [1.165, 1.54) is 0 Å². The quantitative estimate of drug-likeness (QED) is 0.140. The number of amides is 4. The van der Waals surface area contributed by atoms with Gasteiger partial charge >= 0.3 is 0 Å². The molecule has 0 aliphatic carbocycles. The first kappa shape index (κ1) is 34.6. The predicted molar refractivity (Wildman–Crippen MR) is 190 cm³/mol. The molecule has 0 aliphatic heterocycles. The molecule has 0 radical (unpaired) electrons. The van der Waals surface area contributed by atoms with E-state index in [9.17, 15) is 19.2 Å². The maximum Gasteiger partial charge on any atom is 0.255 e. The van der Waals surface area contributed by atoms with Crippen LogP contribution in [-0.4, -0.2) is 23.6 Å². The SMILES string of the molecule is CC(C)(C)c1ccc(C(=O)Nc2ccc(NC(=O)CCCC(=O)Nc3ccc(NC(=O)c4ccc(C(C)(C)C)cc4)cc3)cc2)cc1. The highest BCUT2D eigenvalue weighted by molar-refractivity contribution is 6.05. The lowest BCUT2D eigenvalue weighted by atomic mass is 9.86. The smallest absolute Gasteiger partial charge is 0.255 e. The monoisotopic (exact) mass is 632 g/mol. The van der Waals surface area contributed by atoms with Crippen molar-refractivity contribution < 1.29 is 19.2 Å². The van der Waals surface area contributed by atoms with E-state index in [4.69, 9.17) is 0 Å². The normalized spacial score (nSPS) is 11.4. The van der Waals surface area contributed by atoms with Gasteiger partial charge in [0.25, 0.3) is 11.8 Å². The van der Waals surface area contributed by atoms with E-state index in [0.717, 1.165) is 11.1 Å². The second-order valence-corrected chi connectivity index (χ2v) is 13.7. The van der Waals surface area contributed by atoms with Gasteiger partial charge < -0.3 is 21.3 Å². The van der Waals surface area contributed by atoms with Crippen LogP contribution in [0.25, 0.3) is 0 Å². The lowest BCUT2D eigenvalue weighted by Gasteiger charge is -2.19. The zero-order valence-electron chi connectivity index (χ0n) is 28.0. The molecule has 0 spiro atoms. The Morgan fingerprint density at radius 3 is 0.979 bits per heavy atom. The van der Waals surface area contributed by atoms with Crippen molar-refractivity contribution in [1.82, 2.24) is 0 Å². The van der Waals surface area contributed by atoms with Crippen LogP contribution in [0, 0.1) is 0 Å². The highest BCUT2D eigenvalue weighted by Crippen LogP contribution is 2.24. The molecular weight excluding hydrogens is 588 g/mol. The molecule has 0 aromatic heterocycles. The van der Waals surface area contributed by atoms with Crippen LogP contribution < -0.4 is 21.3 Å². The van der Waals surface area contributed by atoms with E-state index >= 15 is 0 Å². The standard InChI is InChI=1S/C39H44N4O4/c1-38(2,3)28-14-10-26(11-15-28)36(46)42-32-22-18-30(19-23-32)40-34(44)8-7-9-35(45)41-31-20-24-33(25-21-31)43-37(47)27-12-16-29(17-13-27)39(4,5)6/h10-25H,7-9H2,1-6H3,(H,40,44)(H,41,45)(H,42,46)(H,43,47). The molecule has 4 N–H and O–H groups in total. The number of hydrogen-bond acceptors (Lipinski definition) is 4. The summed E-state index contributed by atoms with van der Waals surface area (Å²) in [5.41, 5.74) is 5.90. The summed E-state index contributed by atoms with van der Waals surface area (Å²) in [6.45, 7) is 12.7. The number of benzene rings is 4. The molecule has 0 unspecified atom stereocenters. The maximum atomic E-state index is 12.6. The van der Waals surface area contributed by atoms with Crippen LogP contribution in [0.4, 0.5) is 22.7 Å². The topological polar surface area (TPSA) is 116 Å². The van der Waals surface area contributed by atoms with Crippen LogP contribution in [0.5, 0.6) is 0 Å². The highest BCUT2D eigenvalue weighted by Gasteiger charge is 2.16. The van der Waals surface area contributed by atoms with Gasteiger partial charge in [-0.3, -0.25) is 19.2 Å². The molecule has 0 fully saturated rings. The first-order valence-corrected chi connectivity index (χ1v) is 15.8. The zero-order chi connectivity index (χ0) is 34.2.